The third-order valence-electron chi connectivity index (χ3n) is 2.01. The molecule has 88 valence electrons. The fraction of sp³-hybridized carbons (Fsp3) is 0.417. The maximum Gasteiger partial charge on any atom is 0.314 e. The van der Waals surface area contributed by atoms with Crippen molar-refractivity contribution in [2.24, 2.45) is 0 Å². The zero-order chi connectivity index (χ0) is 11.8. The van der Waals surface area contributed by atoms with Crippen LogP contribution in [0.4, 0.5) is 4.79 Å². The smallest absolute Gasteiger partial charge is 0.314 e. The number of aryl methyl sites for hydroxylation is 1. The molecule has 0 aliphatic carbocycles. The first-order valence-electron chi connectivity index (χ1n) is 5.43. The van der Waals surface area contributed by atoms with Crippen molar-refractivity contribution in [2.45, 2.75) is 13.8 Å². The molecule has 1 aromatic carbocycles. The van der Waals surface area contributed by atoms with Crippen molar-refractivity contribution < 1.29 is 9.53 Å². The Bertz CT molecular complexity index is 322. The van der Waals surface area contributed by atoms with Crippen LogP contribution in [0.1, 0.15) is 12.5 Å². The predicted octanol–water partition coefficient (Wildman–Crippen LogP) is 1.69. The number of carbonyl (C=O) groups is 1. The summed E-state index contributed by atoms with van der Waals surface area (Å²) in [5.41, 5.74) is 1.20. The van der Waals surface area contributed by atoms with E-state index in [9.17, 15) is 4.79 Å². The summed E-state index contributed by atoms with van der Waals surface area (Å²) in [5.74, 6) is 0.822. The lowest BCUT2D eigenvalue weighted by Gasteiger charge is -2.08. The highest BCUT2D eigenvalue weighted by atomic mass is 16.5. The van der Waals surface area contributed by atoms with E-state index < -0.39 is 0 Å². The third kappa shape index (κ3) is 4.68. The summed E-state index contributed by atoms with van der Waals surface area (Å²) in [4.78, 5) is 11.0. The Balaban J connectivity index is 2.16. The molecule has 0 unspecified atom stereocenters. The highest BCUT2D eigenvalue weighted by Crippen LogP contribution is 2.10. The van der Waals surface area contributed by atoms with Crippen LogP contribution in [0.2, 0.25) is 0 Å². The maximum absolute atomic E-state index is 11.0. The second kappa shape index (κ2) is 6.71. The Kier molecular flexibility index (Phi) is 5.19. The molecule has 0 aliphatic rings. The number of nitrogens with one attached hydrogen (secondary N) is 2. The van der Waals surface area contributed by atoms with Crippen LogP contribution in [0.3, 0.4) is 0 Å². The Morgan fingerprint density at radius 3 is 2.56 bits per heavy atom. The molecule has 0 spiro atoms. The van der Waals surface area contributed by atoms with Gasteiger partial charge in [-0.25, -0.2) is 4.79 Å². The summed E-state index contributed by atoms with van der Waals surface area (Å²) >= 11 is 0. The largest absolute Gasteiger partial charge is 0.492 e. The molecule has 4 nitrogen and oxygen atoms in total. The van der Waals surface area contributed by atoms with Crippen LogP contribution in [0.25, 0.3) is 0 Å². The summed E-state index contributed by atoms with van der Waals surface area (Å²) in [5, 5.41) is 5.34. The van der Waals surface area contributed by atoms with Gasteiger partial charge in [0.1, 0.15) is 12.4 Å². The van der Waals surface area contributed by atoms with Crippen LogP contribution in [-0.4, -0.2) is 25.7 Å². The Morgan fingerprint density at radius 2 is 1.94 bits per heavy atom. The zero-order valence-corrected chi connectivity index (χ0v) is 9.75. The van der Waals surface area contributed by atoms with Gasteiger partial charge in [-0.3, -0.25) is 0 Å². The lowest BCUT2D eigenvalue weighted by molar-refractivity contribution is 0.237. The Morgan fingerprint density at radius 1 is 1.25 bits per heavy atom. The molecular formula is C12H18N2O2. The maximum atomic E-state index is 11.0. The highest BCUT2D eigenvalue weighted by Gasteiger charge is 1.97. The van der Waals surface area contributed by atoms with Crippen molar-refractivity contribution in [1.82, 2.24) is 10.6 Å². The van der Waals surface area contributed by atoms with Gasteiger partial charge in [-0.05, 0) is 26.0 Å². The molecule has 0 atom stereocenters. The number of benzene rings is 1. The van der Waals surface area contributed by atoms with Crippen molar-refractivity contribution in [3.63, 3.8) is 0 Å². The molecule has 0 saturated heterocycles. The van der Waals surface area contributed by atoms with Gasteiger partial charge in [0.2, 0.25) is 0 Å². The molecule has 1 rings (SSSR count). The highest BCUT2D eigenvalue weighted by molar-refractivity contribution is 5.73. The standard InChI is InChI=1S/C12H18N2O2/c1-3-13-12(15)14-8-9-16-11-6-4-10(2)5-7-11/h4-7H,3,8-9H2,1-2H3,(H2,13,14,15). The molecule has 0 heterocycles. The van der Waals surface area contributed by atoms with E-state index in [1.165, 1.54) is 5.56 Å². The molecule has 0 radical (unpaired) electrons. The fourth-order valence-corrected chi connectivity index (χ4v) is 1.19. The molecule has 2 amide bonds. The minimum atomic E-state index is -0.157. The molecule has 0 saturated carbocycles. The predicted molar refractivity (Wildman–Crippen MR) is 63.7 cm³/mol. The second-order valence-corrected chi connectivity index (χ2v) is 3.45. The van der Waals surface area contributed by atoms with E-state index in [0.717, 1.165) is 5.75 Å². The van der Waals surface area contributed by atoms with Crippen LogP contribution in [0, 0.1) is 6.92 Å². The molecule has 0 aliphatic heterocycles. The van der Waals surface area contributed by atoms with Crippen LogP contribution < -0.4 is 15.4 Å². The van der Waals surface area contributed by atoms with E-state index in [1.54, 1.807) is 0 Å². The quantitative estimate of drug-likeness (QED) is 0.745. The molecule has 0 bridgehead atoms. The summed E-state index contributed by atoms with van der Waals surface area (Å²) in [6.07, 6.45) is 0. The van der Waals surface area contributed by atoms with Gasteiger partial charge in [0, 0.05) is 6.54 Å². The van der Waals surface area contributed by atoms with Gasteiger partial charge in [-0.15, -0.1) is 0 Å². The first-order valence-corrected chi connectivity index (χ1v) is 5.43. The lowest BCUT2D eigenvalue weighted by Crippen LogP contribution is -2.37. The molecule has 1 aromatic rings. The summed E-state index contributed by atoms with van der Waals surface area (Å²) in [6.45, 7) is 5.51. The lowest BCUT2D eigenvalue weighted by atomic mass is 10.2. The van der Waals surface area contributed by atoms with Crippen molar-refractivity contribution in [2.75, 3.05) is 19.7 Å². The van der Waals surface area contributed by atoms with Gasteiger partial charge in [0.15, 0.2) is 0 Å². The molecular weight excluding hydrogens is 204 g/mol. The SMILES string of the molecule is CCNC(=O)NCCOc1ccc(C)cc1. The van der Waals surface area contributed by atoms with Crippen molar-refractivity contribution in [3.8, 4) is 5.75 Å². The third-order valence-corrected chi connectivity index (χ3v) is 2.01. The summed E-state index contributed by atoms with van der Waals surface area (Å²) in [6, 6.07) is 7.66. The summed E-state index contributed by atoms with van der Waals surface area (Å²) in [7, 11) is 0. The van der Waals surface area contributed by atoms with Crippen molar-refractivity contribution in [3.05, 3.63) is 29.8 Å². The topological polar surface area (TPSA) is 50.4 Å². The number of hydrogen-bond donors (Lipinski definition) is 2. The molecule has 2 N–H and O–H groups in total. The van der Waals surface area contributed by atoms with Crippen molar-refractivity contribution >= 4 is 6.03 Å². The van der Waals surface area contributed by atoms with Crippen LogP contribution in [0.5, 0.6) is 5.75 Å². The molecule has 0 aromatic heterocycles. The first-order chi connectivity index (χ1) is 7.72. The number of ether oxygens (including phenoxy) is 1. The van der Waals surface area contributed by atoms with Crippen LogP contribution in [-0.2, 0) is 0 Å². The van der Waals surface area contributed by atoms with Gasteiger partial charge >= 0.3 is 6.03 Å². The van der Waals surface area contributed by atoms with E-state index in [1.807, 2.05) is 38.1 Å². The number of amides is 2. The van der Waals surface area contributed by atoms with Crippen LogP contribution in [0.15, 0.2) is 24.3 Å². The van der Waals surface area contributed by atoms with E-state index >= 15 is 0 Å². The zero-order valence-electron chi connectivity index (χ0n) is 9.75. The number of urea groups is 1. The van der Waals surface area contributed by atoms with E-state index in [0.29, 0.717) is 19.7 Å². The molecule has 0 fully saturated rings. The van der Waals surface area contributed by atoms with E-state index in [4.69, 9.17) is 4.74 Å². The van der Waals surface area contributed by atoms with E-state index in [2.05, 4.69) is 10.6 Å². The van der Waals surface area contributed by atoms with Gasteiger partial charge < -0.3 is 15.4 Å². The second-order valence-electron chi connectivity index (χ2n) is 3.45. The van der Waals surface area contributed by atoms with Gasteiger partial charge in [0.25, 0.3) is 0 Å². The summed E-state index contributed by atoms with van der Waals surface area (Å²) < 4.78 is 5.45. The minimum absolute atomic E-state index is 0.157. The Hall–Kier alpha value is -1.71. The molecule has 4 heteroatoms. The first kappa shape index (κ1) is 12.4. The van der Waals surface area contributed by atoms with Crippen molar-refractivity contribution in [1.29, 1.82) is 0 Å². The number of carbonyl (C=O) groups excluding carboxylic acids is 1. The number of hydrogen-bond acceptors (Lipinski definition) is 2. The van der Waals surface area contributed by atoms with Crippen LogP contribution >= 0.6 is 0 Å². The average Bonchev–Trinajstić information content (AvgIpc) is 2.27. The van der Waals surface area contributed by atoms with Gasteiger partial charge in [0.05, 0.1) is 6.54 Å². The normalized spacial score (nSPS) is 9.62. The van der Waals surface area contributed by atoms with Gasteiger partial charge in [-0.2, -0.15) is 0 Å². The molecule has 16 heavy (non-hydrogen) atoms. The van der Waals surface area contributed by atoms with Gasteiger partial charge in [-0.1, -0.05) is 17.7 Å². The monoisotopic (exact) mass is 222 g/mol. The number of rotatable bonds is 5. The minimum Gasteiger partial charge on any atom is -0.492 e. The fourth-order valence-electron chi connectivity index (χ4n) is 1.19. The average molecular weight is 222 g/mol. The van der Waals surface area contributed by atoms with E-state index in [-0.39, 0.29) is 6.03 Å². The Labute approximate surface area is 96.0 Å².